The van der Waals surface area contributed by atoms with Crippen molar-refractivity contribution in [2.75, 3.05) is 30.8 Å². The Balaban J connectivity index is 2.46. The standard InChI is InChI=1S/C23H30BrN3O5S/c1-6-25-23(29)17(3)26(14-18-8-7-9-19(24)13-18)22(28)15-27(33(5,30)31)20-12-16(2)10-11-21(20)32-4/h7-13,17H,6,14-15H2,1-5H3,(H,25,29)/t17-/m0/s1. The second-order valence-electron chi connectivity index (χ2n) is 7.67. The lowest BCUT2D eigenvalue weighted by molar-refractivity contribution is -0.139. The Bertz CT molecular complexity index is 1110. The van der Waals surface area contributed by atoms with Gasteiger partial charge in [-0.1, -0.05) is 34.1 Å². The van der Waals surface area contributed by atoms with Crippen LogP contribution in [0.2, 0.25) is 0 Å². The number of nitrogens with one attached hydrogen (secondary N) is 1. The molecule has 0 bridgehead atoms. The molecule has 0 fully saturated rings. The van der Waals surface area contributed by atoms with Crippen molar-refractivity contribution in [1.29, 1.82) is 0 Å². The normalized spacial score (nSPS) is 12.1. The van der Waals surface area contributed by atoms with Gasteiger partial charge in [0.2, 0.25) is 21.8 Å². The van der Waals surface area contributed by atoms with Gasteiger partial charge in [-0.15, -0.1) is 0 Å². The van der Waals surface area contributed by atoms with E-state index in [-0.39, 0.29) is 18.1 Å². The van der Waals surface area contributed by atoms with E-state index in [0.29, 0.717) is 12.3 Å². The van der Waals surface area contributed by atoms with Crippen molar-refractivity contribution in [1.82, 2.24) is 10.2 Å². The van der Waals surface area contributed by atoms with Gasteiger partial charge in [0.15, 0.2) is 0 Å². The number of sulfonamides is 1. The summed E-state index contributed by atoms with van der Waals surface area (Å²) in [5.74, 6) is -0.503. The van der Waals surface area contributed by atoms with Gasteiger partial charge in [0.1, 0.15) is 18.3 Å². The van der Waals surface area contributed by atoms with Gasteiger partial charge in [-0.3, -0.25) is 13.9 Å². The zero-order valence-corrected chi connectivity index (χ0v) is 21.9. The van der Waals surface area contributed by atoms with E-state index in [1.54, 1.807) is 32.0 Å². The third-order valence-electron chi connectivity index (χ3n) is 5.04. The maximum absolute atomic E-state index is 13.5. The topological polar surface area (TPSA) is 96.0 Å². The molecule has 33 heavy (non-hydrogen) atoms. The van der Waals surface area contributed by atoms with Crippen LogP contribution in [0.5, 0.6) is 5.75 Å². The van der Waals surface area contributed by atoms with Crippen LogP contribution in [0.4, 0.5) is 5.69 Å². The van der Waals surface area contributed by atoms with Crippen LogP contribution >= 0.6 is 15.9 Å². The highest BCUT2D eigenvalue weighted by Crippen LogP contribution is 2.31. The van der Waals surface area contributed by atoms with Gasteiger partial charge < -0.3 is 15.0 Å². The minimum Gasteiger partial charge on any atom is -0.495 e. The van der Waals surface area contributed by atoms with Crippen LogP contribution in [-0.2, 0) is 26.2 Å². The molecule has 10 heteroatoms. The predicted octanol–water partition coefficient (Wildman–Crippen LogP) is 3.09. The van der Waals surface area contributed by atoms with E-state index in [2.05, 4.69) is 21.2 Å². The zero-order chi connectivity index (χ0) is 24.8. The molecule has 0 aromatic heterocycles. The van der Waals surface area contributed by atoms with Crippen molar-refractivity contribution in [3.05, 3.63) is 58.1 Å². The Morgan fingerprint density at radius 1 is 1.18 bits per heavy atom. The van der Waals surface area contributed by atoms with Gasteiger partial charge in [0.05, 0.1) is 19.1 Å². The molecular weight excluding hydrogens is 510 g/mol. The second kappa shape index (κ2) is 11.5. The van der Waals surface area contributed by atoms with Crippen LogP contribution in [0.3, 0.4) is 0 Å². The van der Waals surface area contributed by atoms with Crippen LogP contribution < -0.4 is 14.4 Å². The lowest BCUT2D eigenvalue weighted by Crippen LogP contribution is -2.51. The van der Waals surface area contributed by atoms with Crippen molar-refractivity contribution in [3.8, 4) is 5.75 Å². The third-order valence-corrected chi connectivity index (χ3v) is 6.66. The Hall–Kier alpha value is -2.59. The highest BCUT2D eigenvalue weighted by molar-refractivity contribution is 9.10. The number of carbonyl (C=O) groups excluding carboxylic acids is 2. The first-order valence-electron chi connectivity index (χ1n) is 10.4. The van der Waals surface area contributed by atoms with Crippen molar-refractivity contribution < 1.29 is 22.7 Å². The second-order valence-corrected chi connectivity index (χ2v) is 10.5. The largest absolute Gasteiger partial charge is 0.495 e. The first kappa shape index (κ1) is 26.7. The predicted molar refractivity (Wildman–Crippen MR) is 133 cm³/mol. The number of ether oxygens (including phenoxy) is 1. The summed E-state index contributed by atoms with van der Waals surface area (Å²) >= 11 is 3.42. The fourth-order valence-electron chi connectivity index (χ4n) is 3.33. The molecular formula is C23H30BrN3O5S. The average molecular weight is 540 g/mol. The van der Waals surface area contributed by atoms with Gasteiger partial charge in [-0.25, -0.2) is 8.42 Å². The molecule has 8 nitrogen and oxygen atoms in total. The van der Waals surface area contributed by atoms with Gasteiger partial charge in [0.25, 0.3) is 0 Å². The van der Waals surface area contributed by atoms with Crippen molar-refractivity contribution in [3.63, 3.8) is 0 Å². The molecule has 0 radical (unpaired) electrons. The number of halogens is 1. The molecule has 1 N–H and O–H groups in total. The summed E-state index contributed by atoms with van der Waals surface area (Å²) in [6.07, 6.45) is 1.04. The monoisotopic (exact) mass is 539 g/mol. The van der Waals surface area contributed by atoms with Crippen LogP contribution in [0.15, 0.2) is 46.9 Å². The quantitative estimate of drug-likeness (QED) is 0.500. The van der Waals surface area contributed by atoms with E-state index in [0.717, 1.165) is 26.2 Å². The summed E-state index contributed by atoms with van der Waals surface area (Å²) in [5.41, 5.74) is 1.88. The average Bonchev–Trinajstić information content (AvgIpc) is 2.74. The molecule has 0 aliphatic rings. The van der Waals surface area contributed by atoms with E-state index < -0.39 is 28.5 Å². The lowest BCUT2D eigenvalue weighted by Gasteiger charge is -2.32. The molecule has 2 amide bonds. The fraction of sp³-hybridized carbons (Fsp3) is 0.391. The summed E-state index contributed by atoms with van der Waals surface area (Å²) in [6, 6.07) is 11.7. The number of amides is 2. The Morgan fingerprint density at radius 2 is 1.88 bits per heavy atom. The molecule has 0 saturated carbocycles. The number of nitrogens with zero attached hydrogens (tertiary/aromatic N) is 2. The Kier molecular flexibility index (Phi) is 9.30. The molecule has 2 aromatic rings. The lowest BCUT2D eigenvalue weighted by atomic mass is 10.1. The molecule has 1 atom stereocenters. The highest BCUT2D eigenvalue weighted by atomic mass is 79.9. The molecule has 0 unspecified atom stereocenters. The van der Waals surface area contributed by atoms with E-state index in [1.165, 1.54) is 12.0 Å². The van der Waals surface area contributed by atoms with Crippen molar-refractivity contribution in [2.24, 2.45) is 0 Å². The molecule has 180 valence electrons. The SMILES string of the molecule is CCNC(=O)[C@H](C)N(Cc1cccc(Br)c1)C(=O)CN(c1cc(C)ccc1OC)S(C)(=O)=O. The van der Waals surface area contributed by atoms with Crippen LogP contribution in [0.1, 0.15) is 25.0 Å². The van der Waals surface area contributed by atoms with E-state index in [1.807, 2.05) is 31.2 Å². The minimum absolute atomic E-state index is 0.138. The van der Waals surface area contributed by atoms with E-state index in [4.69, 9.17) is 4.74 Å². The minimum atomic E-state index is -3.83. The highest BCUT2D eigenvalue weighted by Gasteiger charge is 2.31. The Labute approximate surface area is 204 Å². The summed E-state index contributed by atoms with van der Waals surface area (Å²) in [7, 11) is -2.40. The number of rotatable bonds is 10. The van der Waals surface area contributed by atoms with Gasteiger partial charge in [-0.2, -0.15) is 0 Å². The summed E-state index contributed by atoms with van der Waals surface area (Å²) in [4.78, 5) is 27.4. The van der Waals surface area contributed by atoms with Gasteiger partial charge >= 0.3 is 0 Å². The zero-order valence-electron chi connectivity index (χ0n) is 19.5. The van der Waals surface area contributed by atoms with Crippen LogP contribution in [0.25, 0.3) is 0 Å². The number of hydrogen-bond acceptors (Lipinski definition) is 5. The molecule has 2 aromatic carbocycles. The number of likely N-dealkylation sites (N-methyl/N-ethyl adjacent to an activating group) is 1. The summed E-state index contributed by atoms with van der Waals surface area (Å²) in [6.45, 7) is 5.31. The van der Waals surface area contributed by atoms with Crippen molar-refractivity contribution in [2.45, 2.75) is 33.4 Å². The Morgan fingerprint density at radius 3 is 2.45 bits per heavy atom. The molecule has 0 heterocycles. The number of anilines is 1. The third kappa shape index (κ3) is 7.20. The smallest absolute Gasteiger partial charge is 0.244 e. The molecule has 0 aliphatic heterocycles. The summed E-state index contributed by atoms with van der Waals surface area (Å²) in [5, 5.41) is 2.72. The summed E-state index contributed by atoms with van der Waals surface area (Å²) < 4.78 is 32.6. The van der Waals surface area contributed by atoms with Crippen molar-refractivity contribution >= 4 is 43.5 Å². The number of methoxy groups -OCH3 is 1. The van der Waals surface area contributed by atoms with E-state index >= 15 is 0 Å². The van der Waals surface area contributed by atoms with Gasteiger partial charge in [-0.05, 0) is 56.2 Å². The maximum Gasteiger partial charge on any atom is 0.244 e. The number of aryl methyl sites for hydroxylation is 1. The number of carbonyl (C=O) groups is 2. The molecule has 2 rings (SSSR count). The maximum atomic E-state index is 13.5. The number of benzene rings is 2. The van der Waals surface area contributed by atoms with Crippen LogP contribution in [-0.4, -0.2) is 57.6 Å². The van der Waals surface area contributed by atoms with Crippen LogP contribution in [0, 0.1) is 6.92 Å². The molecule has 0 aliphatic carbocycles. The van der Waals surface area contributed by atoms with Gasteiger partial charge in [0, 0.05) is 17.6 Å². The molecule has 0 spiro atoms. The first-order chi connectivity index (χ1) is 15.5. The number of hydrogen-bond donors (Lipinski definition) is 1. The first-order valence-corrected chi connectivity index (χ1v) is 13.1. The van der Waals surface area contributed by atoms with E-state index in [9.17, 15) is 18.0 Å². The molecule has 0 saturated heterocycles. The fourth-order valence-corrected chi connectivity index (χ4v) is 4.62.